The molecule has 0 saturated carbocycles. The van der Waals surface area contributed by atoms with Crippen LogP contribution < -0.4 is 5.32 Å². The molecule has 1 aliphatic rings. The molecule has 0 aliphatic carbocycles. The van der Waals surface area contributed by atoms with Crippen LogP contribution in [0.25, 0.3) is 0 Å². The first kappa shape index (κ1) is 19.4. The molecule has 1 aromatic heterocycles. The van der Waals surface area contributed by atoms with Gasteiger partial charge < -0.3 is 9.73 Å². The summed E-state index contributed by atoms with van der Waals surface area (Å²) < 4.78 is 32.4. The summed E-state index contributed by atoms with van der Waals surface area (Å²) in [4.78, 5) is 10.9. The van der Waals surface area contributed by atoms with Crippen molar-refractivity contribution in [2.75, 3.05) is 25.0 Å². The standard InChI is InChI=1S/C18H23N3O5S/c1-14-4-2-10-20(13-14)27(24,25)16-6-7-17(18(12-16)21(22)23)19-9-8-15-5-3-11-26-15/h3,5-7,11-12,14,19H,2,4,8-10,13H2,1H3/t14-/m0/s1. The number of nitrogens with one attached hydrogen (secondary N) is 1. The maximum atomic E-state index is 12.9. The van der Waals surface area contributed by atoms with E-state index in [0.717, 1.165) is 24.7 Å². The smallest absolute Gasteiger partial charge is 0.293 e. The minimum atomic E-state index is -3.74. The second kappa shape index (κ2) is 8.10. The number of hydrogen-bond donors (Lipinski definition) is 1. The van der Waals surface area contributed by atoms with Crippen LogP contribution in [0.2, 0.25) is 0 Å². The molecule has 2 heterocycles. The summed E-state index contributed by atoms with van der Waals surface area (Å²) in [5.74, 6) is 1.05. The largest absolute Gasteiger partial charge is 0.469 e. The van der Waals surface area contributed by atoms with Crippen LogP contribution in [0.1, 0.15) is 25.5 Å². The Bertz CT molecular complexity index is 896. The van der Waals surface area contributed by atoms with E-state index in [4.69, 9.17) is 4.42 Å². The molecule has 9 heteroatoms. The highest BCUT2D eigenvalue weighted by molar-refractivity contribution is 7.89. The van der Waals surface area contributed by atoms with Gasteiger partial charge in [-0.05, 0) is 43.0 Å². The molecule has 1 atom stereocenters. The van der Waals surface area contributed by atoms with Crippen LogP contribution in [0.4, 0.5) is 11.4 Å². The monoisotopic (exact) mass is 393 g/mol. The number of anilines is 1. The lowest BCUT2D eigenvalue weighted by Crippen LogP contribution is -2.39. The van der Waals surface area contributed by atoms with Crippen LogP contribution in [-0.2, 0) is 16.4 Å². The third-order valence-electron chi connectivity index (χ3n) is 4.69. The van der Waals surface area contributed by atoms with Gasteiger partial charge in [0.15, 0.2) is 0 Å². The van der Waals surface area contributed by atoms with Gasteiger partial charge in [-0.15, -0.1) is 0 Å². The first-order valence-electron chi connectivity index (χ1n) is 8.93. The van der Waals surface area contributed by atoms with Crippen molar-refractivity contribution in [1.29, 1.82) is 0 Å². The molecule has 0 unspecified atom stereocenters. The van der Waals surface area contributed by atoms with Gasteiger partial charge in [0.25, 0.3) is 5.69 Å². The Morgan fingerprint density at radius 2 is 2.19 bits per heavy atom. The maximum Gasteiger partial charge on any atom is 0.293 e. The Morgan fingerprint density at radius 3 is 2.85 bits per heavy atom. The average molecular weight is 393 g/mol. The van der Waals surface area contributed by atoms with Gasteiger partial charge in [0.1, 0.15) is 11.4 Å². The molecule has 1 fully saturated rings. The highest BCUT2D eigenvalue weighted by atomic mass is 32.2. The van der Waals surface area contributed by atoms with Crippen LogP contribution in [0.5, 0.6) is 0 Å². The van der Waals surface area contributed by atoms with Gasteiger partial charge in [-0.2, -0.15) is 4.31 Å². The molecule has 27 heavy (non-hydrogen) atoms. The quantitative estimate of drug-likeness (QED) is 0.572. The van der Waals surface area contributed by atoms with E-state index in [1.54, 1.807) is 12.3 Å². The van der Waals surface area contributed by atoms with Crippen LogP contribution in [0, 0.1) is 16.0 Å². The van der Waals surface area contributed by atoms with Crippen molar-refractivity contribution in [3.05, 3.63) is 52.5 Å². The average Bonchev–Trinajstić information content (AvgIpc) is 3.15. The molecular formula is C18H23N3O5S. The lowest BCUT2D eigenvalue weighted by atomic mass is 10.0. The Hall–Kier alpha value is -2.39. The van der Waals surface area contributed by atoms with Crippen molar-refractivity contribution >= 4 is 21.4 Å². The molecule has 1 saturated heterocycles. The van der Waals surface area contributed by atoms with Gasteiger partial charge in [-0.1, -0.05) is 6.92 Å². The molecule has 146 valence electrons. The summed E-state index contributed by atoms with van der Waals surface area (Å²) in [6.45, 7) is 3.34. The molecule has 0 radical (unpaired) electrons. The van der Waals surface area contributed by atoms with Crippen molar-refractivity contribution in [2.45, 2.75) is 31.1 Å². The van der Waals surface area contributed by atoms with E-state index in [1.165, 1.54) is 16.4 Å². The number of nitro benzene ring substituents is 1. The summed E-state index contributed by atoms with van der Waals surface area (Å²) >= 11 is 0. The van der Waals surface area contributed by atoms with E-state index >= 15 is 0 Å². The molecule has 1 aromatic carbocycles. The second-order valence-corrected chi connectivity index (χ2v) is 8.74. The Balaban J connectivity index is 1.79. The molecule has 1 N–H and O–H groups in total. The SMILES string of the molecule is C[C@H]1CCCN(S(=O)(=O)c2ccc(NCCc3ccco3)c([N+](=O)[O-])c2)C1. The molecule has 1 aliphatic heterocycles. The molecular weight excluding hydrogens is 370 g/mol. The summed E-state index contributed by atoms with van der Waals surface area (Å²) in [5.41, 5.74) is 0.0399. The molecule has 0 amide bonds. The Labute approximate surface area is 158 Å². The zero-order chi connectivity index (χ0) is 19.4. The van der Waals surface area contributed by atoms with Crippen molar-refractivity contribution in [2.24, 2.45) is 5.92 Å². The summed E-state index contributed by atoms with van der Waals surface area (Å²) in [7, 11) is -3.74. The number of hydrogen-bond acceptors (Lipinski definition) is 6. The first-order chi connectivity index (χ1) is 12.9. The van der Waals surface area contributed by atoms with E-state index in [-0.39, 0.29) is 22.2 Å². The molecule has 0 spiro atoms. The highest BCUT2D eigenvalue weighted by Crippen LogP contribution is 2.30. The highest BCUT2D eigenvalue weighted by Gasteiger charge is 2.30. The minimum absolute atomic E-state index is 0.0418. The molecule has 0 bridgehead atoms. The first-order valence-corrected chi connectivity index (χ1v) is 10.4. The van der Waals surface area contributed by atoms with Crippen LogP contribution >= 0.6 is 0 Å². The minimum Gasteiger partial charge on any atom is -0.469 e. The van der Waals surface area contributed by atoms with Gasteiger partial charge in [0.2, 0.25) is 10.0 Å². The Kier molecular flexibility index (Phi) is 5.81. The fourth-order valence-electron chi connectivity index (χ4n) is 3.26. The van der Waals surface area contributed by atoms with Crippen LogP contribution in [-0.4, -0.2) is 37.3 Å². The second-order valence-electron chi connectivity index (χ2n) is 6.80. The number of rotatable bonds is 7. The maximum absolute atomic E-state index is 12.9. The predicted molar refractivity (Wildman–Crippen MR) is 101 cm³/mol. The fraction of sp³-hybridized carbons (Fsp3) is 0.444. The lowest BCUT2D eigenvalue weighted by molar-refractivity contribution is -0.384. The van der Waals surface area contributed by atoms with Crippen LogP contribution in [0.15, 0.2) is 45.9 Å². The summed E-state index contributed by atoms with van der Waals surface area (Å²) in [5, 5.41) is 14.4. The van der Waals surface area contributed by atoms with Gasteiger partial charge in [0.05, 0.1) is 16.1 Å². The third kappa shape index (κ3) is 4.48. The normalized spacial score (nSPS) is 18.3. The van der Waals surface area contributed by atoms with Crippen molar-refractivity contribution in [1.82, 2.24) is 4.31 Å². The zero-order valence-electron chi connectivity index (χ0n) is 15.1. The third-order valence-corrected chi connectivity index (χ3v) is 6.55. The van der Waals surface area contributed by atoms with E-state index in [1.807, 2.05) is 13.0 Å². The topological polar surface area (TPSA) is 106 Å². The van der Waals surface area contributed by atoms with Crippen molar-refractivity contribution < 1.29 is 17.8 Å². The molecule has 2 aromatic rings. The summed E-state index contributed by atoms with van der Waals surface area (Å²) in [6.07, 6.45) is 3.92. The van der Waals surface area contributed by atoms with Crippen LogP contribution in [0.3, 0.4) is 0 Å². The zero-order valence-corrected chi connectivity index (χ0v) is 15.9. The number of piperidine rings is 1. The number of furan rings is 1. The number of sulfonamides is 1. The van der Waals surface area contributed by atoms with Crippen molar-refractivity contribution in [3.63, 3.8) is 0 Å². The van der Waals surface area contributed by atoms with Gasteiger partial charge in [0, 0.05) is 32.1 Å². The Morgan fingerprint density at radius 1 is 1.37 bits per heavy atom. The van der Waals surface area contributed by atoms with Crippen molar-refractivity contribution in [3.8, 4) is 0 Å². The van der Waals surface area contributed by atoms with E-state index in [0.29, 0.717) is 26.1 Å². The molecule has 3 rings (SSSR count). The number of nitrogens with zero attached hydrogens (tertiary/aromatic N) is 2. The number of nitro groups is 1. The van der Waals surface area contributed by atoms with E-state index in [9.17, 15) is 18.5 Å². The summed E-state index contributed by atoms with van der Waals surface area (Å²) in [6, 6.07) is 7.63. The van der Waals surface area contributed by atoms with E-state index < -0.39 is 14.9 Å². The van der Waals surface area contributed by atoms with Gasteiger partial charge in [-0.3, -0.25) is 10.1 Å². The van der Waals surface area contributed by atoms with Gasteiger partial charge in [-0.25, -0.2) is 8.42 Å². The number of benzene rings is 1. The predicted octanol–water partition coefficient (Wildman–Crippen LogP) is 3.26. The van der Waals surface area contributed by atoms with E-state index in [2.05, 4.69) is 5.32 Å². The lowest BCUT2D eigenvalue weighted by Gasteiger charge is -2.30. The fourth-order valence-corrected chi connectivity index (χ4v) is 4.88. The van der Waals surface area contributed by atoms with Gasteiger partial charge >= 0.3 is 0 Å². The molecule has 8 nitrogen and oxygen atoms in total.